The van der Waals surface area contributed by atoms with Crippen molar-refractivity contribution in [3.8, 4) is 0 Å². The minimum atomic E-state index is 0.318. The van der Waals surface area contributed by atoms with E-state index in [1.54, 1.807) is 6.92 Å². The van der Waals surface area contributed by atoms with Crippen LogP contribution >= 0.6 is 0 Å². The quantitative estimate of drug-likeness (QED) is 0.650. The molecule has 0 spiro atoms. The fraction of sp³-hybridized carbons (Fsp3) is 0.900. The van der Waals surface area contributed by atoms with Crippen molar-refractivity contribution >= 4 is 5.78 Å². The molecule has 74 valence electrons. The van der Waals surface area contributed by atoms with Gasteiger partial charge in [-0.2, -0.15) is 0 Å². The van der Waals surface area contributed by atoms with E-state index in [9.17, 15) is 4.79 Å². The maximum absolute atomic E-state index is 10.3. The summed E-state index contributed by atoms with van der Waals surface area (Å²) in [4.78, 5) is 10.3. The monoisotopic (exact) mass is 174 g/mol. The third-order valence-corrected chi connectivity index (χ3v) is 1.36. The highest BCUT2D eigenvalue weighted by Crippen LogP contribution is 1.98. The lowest BCUT2D eigenvalue weighted by Crippen LogP contribution is -1.87. The molecule has 0 aromatic carbocycles. The van der Waals surface area contributed by atoms with Crippen molar-refractivity contribution in [1.82, 2.24) is 0 Å². The van der Waals surface area contributed by atoms with E-state index in [1.165, 1.54) is 12.8 Å². The van der Waals surface area contributed by atoms with Gasteiger partial charge in [-0.25, -0.2) is 0 Å². The summed E-state index contributed by atoms with van der Waals surface area (Å²) in [6, 6.07) is 0. The SMILES string of the molecule is CCCCCC(C)=O.CCCO. The van der Waals surface area contributed by atoms with Gasteiger partial charge >= 0.3 is 0 Å². The summed E-state index contributed by atoms with van der Waals surface area (Å²) in [6.45, 7) is 6.04. The Morgan fingerprint density at radius 3 is 1.92 bits per heavy atom. The van der Waals surface area contributed by atoms with Gasteiger partial charge in [-0.05, 0) is 19.8 Å². The fourth-order valence-electron chi connectivity index (χ4n) is 0.624. The van der Waals surface area contributed by atoms with Gasteiger partial charge in [0.05, 0.1) is 0 Å². The van der Waals surface area contributed by atoms with Gasteiger partial charge < -0.3 is 9.90 Å². The molecular formula is C10H22O2. The van der Waals surface area contributed by atoms with E-state index in [4.69, 9.17) is 5.11 Å². The second-order valence-electron chi connectivity index (χ2n) is 2.88. The first-order valence-electron chi connectivity index (χ1n) is 4.79. The second-order valence-corrected chi connectivity index (χ2v) is 2.88. The third-order valence-electron chi connectivity index (χ3n) is 1.36. The van der Waals surface area contributed by atoms with E-state index in [1.807, 2.05) is 6.92 Å². The summed E-state index contributed by atoms with van der Waals surface area (Å²) in [6.07, 6.45) is 5.12. The number of unbranched alkanes of at least 4 members (excludes halogenated alkanes) is 2. The molecule has 1 N–H and O–H groups in total. The van der Waals surface area contributed by atoms with Gasteiger partial charge in [-0.1, -0.05) is 26.7 Å². The molecular weight excluding hydrogens is 152 g/mol. The lowest BCUT2D eigenvalue weighted by atomic mass is 10.2. The number of hydrogen-bond donors (Lipinski definition) is 1. The predicted molar refractivity (Wildman–Crippen MR) is 52.2 cm³/mol. The number of ketones is 1. The molecule has 0 bridgehead atoms. The Morgan fingerprint density at radius 1 is 1.17 bits per heavy atom. The van der Waals surface area contributed by atoms with Crippen LogP contribution in [0.3, 0.4) is 0 Å². The number of carbonyl (C=O) groups excluding carboxylic acids is 1. The Labute approximate surface area is 76.0 Å². The molecule has 0 aliphatic carbocycles. The summed E-state index contributed by atoms with van der Waals surface area (Å²) in [5.41, 5.74) is 0. The third kappa shape index (κ3) is 22.6. The van der Waals surface area contributed by atoms with E-state index < -0.39 is 0 Å². The zero-order chi connectivity index (χ0) is 9.82. The van der Waals surface area contributed by atoms with E-state index >= 15 is 0 Å². The highest BCUT2D eigenvalue weighted by molar-refractivity contribution is 5.75. The minimum Gasteiger partial charge on any atom is -0.396 e. The molecule has 0 atom stereocenters. The van der Waals surface area contributed by atoms with Gasteiger partial charge in [0.25, 0.3) is 0 Å². The number of carbonyl (C=O) groups is 1. The van der Waals surface area contributed by atoms with Crippen LogP contribution in [0, 0.1) is 0 Å². The predicted octanol–water partition coefficient (Wildman–Crippen LogP) is 2.54. The maximum atomic E-state index is 10.3. The Kier molecular flexibility index (Phi) is 15.6. The van der Waals surface area contributed by atoms with Gasteiger partial charge in [0.15, 0.2) is 0 Å². The molecule has 0 rings (SSSR count). The van der Waals surface area contributed by atoms with E-state index in [0.29, 0.717) is 12.4 Å². The van der Waals surface area contributed by atoms with Crippen LogP contribution in [0.1, 0.15) is 52.9 Å². The molecule has 12 heavy (non-hydrogen) atoms. The van der Waals surface area contributed by atoms with Gasteiger partial charge in [-0.3, -0.25) is 0 Å². The molecule has 0 aliphatic rings. The van der Waals surface area contributed by atoms with Crippen molar-refractivity contribution in [2.24, 2.45) is 0 Å². The van der Waals surface area contributed by atoms with E-state index in [-0.39, 0.29) is 0 Å². The minimum absolute atomic E-state index is 0.318. The van der Waals surface area contributed by atoms with Crippen LogP contribution in [0.15, 0.2) is 0 Å². The first kappa shape index (κ1) is 14.2. The Morgan fingerprint density at radius 2 is 1.67 bits per heavy atom. The fourth-order valence-corrected chi connectivity index (χ4v) is 0.624. The molecule has 2 heteroatoms. The van der Waals surface area contributed by atoms with Crippen molar-refractivity contribution in [3.63, 3.8) is 0 Å². The lowest BCUT2D eigenvalue weighted by Gasteiger charge is -1.90. The van der Waals surface area contributed by atoms with E-state index in [0.717, 1.165) is 19.3 Å². The van der Waals surface area contributed by atoms with Crippen LogP contribution in [0.4, 0.5) is 0 Å². The van der Waals surface area contributed by atoms with Crippen LogP contribution in [0.25, 0.3) is 0 Å². The summed E-state index contributed by atoms with van der Waals surface area (Å²) in [7, 11) is 0. The Balaban J connectivity index is 0. The summed E-state index contributed by atoms with van der Waals surface area (Å²) in [5, 5.41) is 7.88. The Bertz CT molecular complexity index is 87.8. The zero-order valence-electron chi connectivity index (χ0n) is 8.60. The first-order chi connectivity index (χ1) is 5.68. The number of aliphatic hydroxyl groups excluding tert-OH is 1. The van der Waals surface area contributed by atoms with Crippen LogP contribution < -0.4 is 0 Å². The topological polar surface area (TPSA) is 37.3 Å². The molecule has 0 amide bonds. The molecule has 0 radical (unpaired) electrons. The van der Waals surface area contributed by atoms with Crippen molar-refractivity contribution in [2.75, 3.05) is 6.61 Å². The van der Waals surface area contributed by atoms with Crippen molar-refractivity contribution in [1.29, 1.82) is 0 Å². The molecule has 0 aromatic rings. The first-order valence-corrected chi connectivity index (χ1v) is 4.79. The lowest BCUT2D eigenvalue weighted by molar-refractivity contribution is -0.117. The number of Topliss-reactive ketones (excluding diaryl/α,β-unsaturated/α-hetero) is 1. The highest BCUT2D eigenvalue weighted by Gasteiger charge is 1.89. The second kappa shape index (κ2) is 13.2. The number of aliphatic hydroxyl groups is 1. The number of hydrogen-bond acceptors (Lipinski definition) is 2. The van der Waals surface area contributed by atoms with Crippen LogP contribution in [-0.2, 0) is 4.79 Å². The zero-order valence-corrected chi connectivity index (χ0v) is 8.60. The summed E-state index contributed by atoms with van der Waals surface area (Å²) < 4.78 is 0. The Hall–Kier alpha value is -0.370. The maximum Gasteiger partial charge on any atom is 0.129 e. The normalized spacial score (nSPS) is 8.67. The van der Waals surface area contributed by atoms with Crippen LogP contribution in [0.5, 0.6) is 0 Å². The molecule has 2 nitrogen and oxygen atoms in total. The van der Waals surface area contributed by atoms with Gasteiger partial charge in [0, 0.05) is 13.0 Å². The van der Waals surface area contributed by atoms with Gasteiger partial charge in [0.1, 0.15) is 5.78 Å². The van der Waals surface area contributed by atoms with E-state index in [2.05, 4.69) is 6.92 Å². The molecule has 0 aromatic heterocycles. The molecule has 0 unspecified atom stereocenters. The van der Waals surface area contributed by atoms with Crippen LogP contribution in [0.2, 0.25) is 0 Å². The smallest absolute Gasteiger partial charge is 0.129 e. The van der Waals surface area contributed by atoms with Crippen molar-refractivity contribution < 1.29 is 9.90 Å². The largest absolute Gasteiger partial charge is 0.396 e. The summed E-state index contributed by atoms with van der Waals surface area (Å²) >= 11 is 0. The summed E-state index contributed by atoms with van der Waals surface area (Å²) in [5.74, 6) is 0.318. The highest BCUT2D eigenvalue weighted by atomic mass is 16.2. The van der Waals surface area contributed by atoms with Crippen LogP contribution in [-0.4, -0.2) is 17.5 Å². The standard InChI is InChI=1S/C7H14O.C3H8O/c1-3-4-5-6-7(2)8;1-2-3-4/h3-6H2,1-2H3;4H,2-3H2,1H3. The average Bonchev–Trinajstić information content (AvgIpc) is 2.05. The van der Waals surface area contributed by atoms with Gasteiger partial charge in [0.2, 0.25) is 0 Å². The number of rotatable bonds is 5. The van der Waals surface area contributed by atoms with Crippen molar-refractivity contribution in [2.45, 2.75) is 52.9 Å². The molecule has 0 fully saturated rings. The molecule has 0 aliphatic heterocycles. The van der Waals surface area contributed by atoms with Crippen molar-refractivity contribution in [3.05, 3.63) is 0 Å². The molecule has 0 heterocycles. The molecule has 0 saturated heterocycles. The average molecular weight is 174 g/mol. The van der Waals surface area contributed by atoms with Gasteiger partial charge in [-0.15, -0.1) is 0 Å². The molecule has 0 saturated carbocycles.